The minimum absolute atomic E-state index is 1.02. The minimum Gasteiger partial charge on any atom is -0.497 e. The van der Waals surface area contributed by atoms with E-state index >= 15 is 0 Å². The third-order valence-electron chi connectivity index (χ3n) is 5.12. The molecule has 0 unspecified atom stereocenters. The Hall–Kier alpha value is -1.53. The largest absolute Gasteiger partial charge is 0.497 e. The molecule has 0 atom stereocenters. The predicted molar refractivity (Wildman–Crippen MR) is 100 cm³/mol. The van der Waals surface area contributed by atoms with Gasteiger partial charge in [-0.25, -0.2) is 0 Å². The fraction of sp³-hybridized carbons (Fsp3) is 0.333. The van der Waals surface area contributed by atoms with Crippen LogP contribution in [-0.4, -0.2) is 29.4 Å². The summed E-state index contributed by atoms with van der Waals surface area (Å²) in [5.74, 6) is 2.05. The average Bonchev–Trinajstić information content (AvgIpc) is 2.54. The van der Waals surface area contributed by atoms with Gasteiger partial charge in [-0.3, -0.25) is 0 Å². The first kappa shape index (κ1) is 16.8. The van der Waals surface area contributed by atoms with Gasteiger partial charge in [0.1, 0.15) is 11.5 Å². The Kier molecular flexibility index (Phi) is 4.82. The molecule has 2 aromatic rings. The Morgan fingerprint density at radius 3 is 1.23 bits per heavy atom. The zero-order valence-corrected chi connectivity index (χ0v) is 16.4. The molecule has 0 saturated heterocycles. The summed E-state index contributed by atoms with van der Waals surface area (Å²) >= 11 is 0. The smallest absolute Gasteiger partial charge is 0.117 e. The number of hydrogen-bond donors (Lipinski definition) is 0. The van der Waals surface area contributed by atoms with Crippen LogP contribution in [0.2, 0.25) is 26.2 Å². The molecule has 0 saturated carbocycles. The molecule has 4 heteroatoms. The topological polar surface area (TPSA) is 18.5 Å². The lowest BCUT2D eigenvalue weighted by molar-refractivity contribution is 0.417. The molecule has 0 amide bonds. The SMILES string of the molecule is COc1ccccc1[Si](C)(C)[Si](C)(C)c1ccccc1OC. The van der Waals surface area contributed by atoms with Crippen LogP contribution in [0.3, 0.4) is 0 Å². The van der Waals surface area contributed by atoms with Crippen LogP contribution in [0, 0.1) is 0 Å². The van der Waals surface area contributed by atoms with E-state index in [9.17, 15) is 0 Å². The van der Waals surface area contributed by atoms with Crippen LogP contribution in [-0.2, 0) is 0 Å². The molecule has 0 fully saturated rings. The van der Waals surface area contributed by atoms with E-state index in [0.717, 1.165) is 11.5 Å². The monoisotopic (exact) mass is 330 g/mol. The fourth-order valence-electron chi connectivity index (χ4n) is 3.00. The van der Waals surface area contributed by atoms with Crippen molar-refractivity contribution in [3.05, 3.63) is 48.5 Å². The van der Waals surface area contributed by atoms with Gasteiger partial charge < -0.3 is 9.47 Å². The van der Waals surface area contributed by atoms with Gasteiger partial charge in [-0.1, -0.05) is 62.6 Å². The lowest BCUT2D eigenvalue weighted by atomic mass is 10.3. The minimum atomic E-state index is -1.73. The van der Waals surface area contributed by atoms with Crippen molar-refractivity contribution >= 4 is 25.6 Å². The Balaban J connectivity index is 2.60. The molecule has 118 valence electrons. The summed E-state index contributed by atoms with van der Waals surface area (Å²) in [7, 11) is 0.0754. The molecule has 0 N–H and O–H groups in total. The predicted octanol–water partition coefficient (Wildman–Crippen LogP) is 3.31. The van der Waals surface area contributed by atoms with E-state index in [1.807, 2.05) is 12.1 Å². The maximum absolute atomic E-state index is 5.64. The molecular formula is C18H26O2Si2. The van der Waals surface area contributed by atoms with Crippen molar-refractivity contribution in [3.8, 4) is 11.5 Å². The number of methoxy groups -OCH3 is 2. The summed E-state index contributed by atoms with van der Waals surface area (Å²) in [4.78, 5) is 0. The van der Waals surface area contributed by atoms with Gasteiger partial charge in [0.2, 0.25) is 0 Å². The van der Waals surface area contributed by atoms with Crippen molar-refractivity contribution in [2.24, 2.45) is 0 Å². The Bertz CT molecular complexity index is 594. The summed E-state index contributed by atoms with van der Waals surface area (Å²) in [6.07, 6.45) is 0. The summed E-state index contributed by atoms with van der Waals surface area (Å²) in [6.45, 7) is 9.85. The molecule has 0 heterocycles. The molecule has 22 heavy (non-hydrogen) atoms. The van der Waals surface area contributed by atoms with Crippen molar-refractivity contribution in [1.29, 1.82) is 0 Å². The number of benzene rings is 2. The highest BCUT2D eigenvalue weighted by Gasteiger charge is 2.46. The Morgan fingerprint density at radius 1 is 0.591 bits per heavy atom. The fourth-order valence-corrected chi connectivity index (χ4v) is 12.2. The van der Waals surface area contributed by atoms with Crippen molar-refractivity contribution < 1.29 is 9.47 Å². The van der Waals surface area contributed by atoms with Crippen molar-refractivity contribution in [2.45, 2.75) is 26.2 Å². The highest BCUT2D eigenvalue weighted by molar-refractivity contribution is 7.50. The lowest BCUT2D eigenvalue weighted by Gasteiger charge is -2.40. The molecule has 2 rings (SSSR count). The second-order valence-corrected chi connectivity index (χ2v) is 21.7. The third-order valence-corrected chi connectivity index (χ3v) is 22.8. The van der Waals surface area contributed by atoms with Gasteiger partial charge in [0.05, 0.1) is 29.4 Å². The van der Waals surface area contributed by atoms with Crippen LogP contribution in [0.25, 0.3) is 0 Å². The average molecular weight is 331 g/mol. The van der Waals surface area contributed by atoms with Gasteiger partial charge >= 0.3 is 0 Å². The molecule has 0 aliphatic rings. The standard InChI is InChI=1S/C18H26O2Si2/c1-19-15-11-7-9-13-17(15)21(3,4)22(5,6)18-14-10-8-12-16(18)20-2/h7-14H,1-6H3. The molecule has 2 aromatic carbocycles. The number of ether oxygens (including phenoxy) is 2. The van der Waals surface area contributed by atoms with Gasteiger partial charge in [-0.15, -0.1) is 0 Å². The second-order valence-electron chi connectivity index (χ2n) is 6.65. The Morgan fingerprint density at radius 2 is 0.909 bits per heavy atom. The maximum Gasteiger partial charge on any atom is 0.117 e. The maximum atomic E-state index is 5.64. The van der Waals surface area contributed by atoms with Gasteiger partial charge in [-0.05, 0) is 22.5 Å². The van der Waals surface area contributed by atoms with E-state index in [1.165, 1.54) is 10.4 Å². The summed E-state index contributed by atoms with van der Waals surface area (Å²) in [5.41, 5.74) is 0. The molecule has 0 spiro atoms. The van der Waals surface area contributed by atoms with E-state index in [2.05, 4.69) is 62.6 Å². The van der Waals surface area contributed by atoms with Gasteiger partial charge in [0.25, 0.3) is 0 Å². The van der Waals surface area contributed by atoms with E-state index in [1.54, 1.807) is 14.2 Å². The molecule has 0 bridgehead atoms. The summed E-state index contributed by atoms with van der Waals surface area (Å²) < 4.78 is 11.3. The quantitative estimate of drug-likeness (QED) is 0.783. The van der Waals surface area contributed by atoms with E-state index in [-0.39, 0.29) is 0 Å². The molecule has 0 aliphatic heterocycles. The number of para-hydroxylation sites is 2. The number of hydrogen-bond acceptors (Lipinski definition) is 2. The van der Waals surface area contributed by atoms with Gasteiger partial charge in [0.15, 0.2) is 0 Å². The highest BCUT2D eigenvalue weighted by atomic mass is 29.3. The third kappa shape index (κ3) is 2.73. The van der Waals surface area contributed by atoms with Crippen LogP contribution < -0.4 is 19.8 Å². The second kappa shape index (κ2) is 6.30. The van der Waals surface area contributed by atoms with Crippen LogP contribution in [0.1, 0.15) is 0 Å². The van der Waals surface area contributed by atoms with E-state index in [0.29, 0.717) is 0 Å². The van der Waals surface area contributed by atoms with Crippen LogP contribution in [0.15, 0.2) is 48.5 Å². The first-order valence-corrected chi connectivity index (χ1v) is 14.6. The Labute approximate surface area is 135 Å². The molecule has 0 aliphatic carbocycles. The van der Waals surface area contributed by atoms with Gasteiger partial charge in [0, 0.05) is 0 Å². The molecule has 2 nitrogen and oxygen atoms in total. The van der Waals surface area contributed by atoms with Gasteiger partial charge in [-0.2, -0.15) is 0 Å². The van der Waals surface area contributed by atoms with E-state index < -0.39 is 15.2 Å². The molecular weight excluding hydrogens is 304 g/mol. The summed E-state index contributed by atoms with van der Waals surface area (Å²) in [5, 5.41) is 2.81. The summed E-state index contributed by atoms with van der Waals surface area (Å²) in [6, 6.07) is 17.0. The molecule has 0 radical (unpaired) electrons. The van der Waals surface area contributed by atoms with Crippen LogP contribution in [0.4, 0.5) is 0 Å². The normalized spacial score (nSPS) is 12.1. The first-order valence-electron chi connectivity index (χ1n) is 7.63. The van der Waals surface area contributed by atoms with Crippen molar-refractivity contribution in [3.63, 3.8) is 0 Å². The number of rotatable bonds is 5. The van der Waals surface area contributed by atoms with Crippen molar-refractivity contribution in [1.82, 2.24) is 0 Å². The molecule has 0 aromatic heterocycles. The first-order chi connectivity index (χ1) is 10.4. The van der Waals surface area contributed by atoms with Crippen molar-refractivity contribution in [2.75, 3.05) is 14.2 Å². The zero-order valence-electron chi connectivity index (χ0n) is 14.4. The van der Waals surface area contributed by atoms with Crippen LogP contribution in [0.5, 0.6) is 11.5 Å². The highest BCUT2D eigenvalue weighted by Crippen LogP contribution is 2.26. The van der Waals surface area contributed by atoms with Crippen LogP contribution >= 0.6 is 0 Å². The van der Waals surface area contributed by atoms with E-state index in [4.69, 9.17) is 9.47 Å². The lowest BCUT2D eigenvalue weighted by Crippen LogP contribution is -2.69. The zero-order chi connectivity index (χ0) is 16.4.